The monoisotopic (exact) mass is 613 g/mol. The van der Waals surface area contributed by atoms with Crippen LogP contribution in [0.5, 0.6) is 0 Å². The molecule has 2 aromatic heterocycles. The second kappa shape index (κ2) is 13.6. The lowest BCUT2D eigenvalue weighted by Gasteiger charge is -2.33. The molecule has 3 amide bonds. The zero-order chi connectivity index (χ0) is 31.4. The van der Waals surface area contributed by atoms with E-state index in [2.05, 4.69) is 15.6 Å². The van der Waals surface area contributed by atoms with Crippen LogP contribution >= 0.6 is 11.3 Å². The predicted octanol–water partition coefficient (Wildman–Crippen LogP) is 5.91. The topological polar surface area (TPSA) is 115 Å². The van der Waals surface area contributed by atoms with Crippen molar-refractivity contribution >= 4 is 51.4 Å². The highest BCUT2D eigenvalue weighted by Crippen LogP contribution is 2.30. The number of amides is 3. The number of Topliss-reactive ketones (excluding diaryl/α,β-unsaturated/α-hetero) is 2. The summed E-state index contributed by atoms with van der Waals surface area (Å²) < 4.78 is 0. The van der Waals surface area contributed by atoms with Gasteiger partial charge in [0.15, 0.2) is 11.6 Å². The number of nitrogens with one attached hydrogen (secondary N) is 3. The molecule has 9 nitrogen and oxygen atoms in total. The number of likely N-dealkylation sites (tertiary alicyclic amines) is 1. The highest BCUT2D eigenvalue weighted by molar-refractivity contribution is 7.12. The van der Waals surface area contributed by atoms with Gasteiger partial charge in [-0.25, -0.2) is 4.79 Å². The number of hydrogen-bond donors (Lipinski definition) is 3. The number of benzene rings is 2. The van der Waals surface area contributed by atoms with Crippen LogP contribution < -0.4 is 10.6 Å². The number of carbonyl (C=O) groups excluding carboxylic acids is 4. The number of nitrogens with zero attached hydrogens (tertiary/aromatic N) is 2. The van der Waals surface area contributed by atoms with Gasteiger partial charge in [-0.1, -0.05) is 37.3 Å². The van der Waals surface area contributed by atoms with Crippen LogP contribution in [0.2, 0.25) is 0 Å². The number of anilines is 1. The maximum absolute atomic E-state index is 14.1. The third-order valence-corrected chi connectivity index (χ3v) is 9.19. The summed E-state index contributed by atoms with van der Waals surface area (Å²) in [5, 5.41) is 8.86. The van der Waals surface area contributed by atoms with Crippen molar-refractivity contribution in [1.82, 2.24) is 20.1 Å². The van der Waals surface area contributed by atoms with Crippen LogP contribution in [0.4, 0.5) is 10.5 Å². The Hall–Kier alpha value is -4.28. The summed E-state index contributed by atoms with van der Waals surface area (Å²) in [5.74, 6) is -0.978. The van der Waals surface area contributed by atoms with Gasteiger partial charge < -0.3 is 25.4 Å². The number of piperidine rings is 1. The van der Waals surface area contributed by atoms with Crippen LogP contribution in [-0.2, 0) is 11.3 Å². The highest BCUT2D eigenvalue weighted by atomic mass is 32.1. The Bertz CT molecular complexity index is 1650. The van der Waals surface area contributed by atoms with E-state index < -0.39 is 17.9 Å². The Morgan fingerprint density at radius 3 is 2.48 bits per heavy atom. The van der Waals surface area contributed by atoms with Gasteiger partial charge in [0, 0.05) is 54.1 Å². The molecule has 0 saturated carbocycles. The van der Waals surface area contributed by atoms with E-state index in [4.69, 9.17) is 0 Å². The number of carbonyl (C=O) groups is 4. The Kier molecular flexibility index (Phi) is 9.61. The van der Waals surface area contributed by atoms with Crippen molar-refractivity contribution in [2.75, 3.05) is 32.5 Å². The van der Waals surface area contributed by atoms with Crippen LogP contribution in [0.25, 0.3) is 10.9 Å². The SMILES string of the molecule is CC(=O)c1ccc(CN(C)C)cc1NC(=O)[C@H](NC(=O)N1CCC(C(=O)c2cccs2)CC1)[C@@H](C)c1c[nH]c2ccccc12. The van der Waals surface area contributed by atoms with Gasteiger partial charge >= 0.3 is 6.03 Å². The van der Waals surface area contributed by atoms with Crippen molar-refractivity contribution in [1.29, 1.82) is 0 Å². The second-order valence-electron chi connectivity index (χ2n) is 11.8. The van der Waals surface area contributed by atoms with Crippen molar-refractivity contribution < 1.29 is 19.2 Å². The van der Waals surface area contributed by atoms with Gasteiger partial charge in [0.05, 0.1) is 10.6 Å². The summed E-state index contributed by atoms with van der Waals surface area (Å²) in [6.45, 7) is 4.87. The Morgan fingerprint density at radius 1 is 1.05 bits per heavy atom. The number of aromatic nitrogens is 1. The van der Waals surface area contributed by atoms with Gasteiger partial charge in [-0.3, -0.25) is 14.4 Å². The zero-order valence-electron chi connectivity index (χ0n) is 25.6. The van der Waals surface area contributed by atoms with Crippen molar-refractivity contribution in [3.8, 4) is 0 Å². The van der Waals surface area contributed by atoms with Gasteiger partial charge in [0.1, 0.15) is 6.04 Å². The number of rotatable bonds is 10. The van der Waals surface area contributed by atoms with E-state index in [9.17, 15) is 19.2 Å². The van der Waals surface area contributed by atoms with E-state index in [1.807, 2.05) is 86.0 Å². The number of hydrogen-bond acceptors (Lipinski definition) is 6. The first-order valence-corrected chi connectivity index (χ1v) is 15.8. The second-order valence-corrected chi connectivity index (χ2v) is 12.7. The van der Waals surface area contributed by atoms with Crippen molar-refractivity contribution in [3.05, 3.63) is 87.7 Å². The molecule has 1 fully saturated rings. The highest BCUT2D eigenvalue weighted by Gasteiger charge is 2.34. The molecule has 0 unspecified atom stereocenters. The molecule has 3 N–H and O–H groups in total. The van der Waals surface area contributed by atoms with Gasteiger partial charge in [0.2, 0.25) is 5.91 Å². The molecule has 4 aromatic rings. The molecule has 0 spiro atoms. The predicted molar refractivity (Wildman–Crippen MR) is 174 cm³/mol. The van der Waals surface area contributed by atoms with E-state index in [1.54, 1.807) is 11.0 Å². The summed E-state index contributed by atoms with van der Waals surface area (Å²) in [7, 11) is 3.90. The quantitative estimate of drug-likeness (QED) is 0.193. The Labute approximate surface area is 261 Å². The molecule has 10 heteroatoms. The number of thiophene rings is 1. The summed E-state index contributed by atoms with van der Waals surface area (Å²) in [5.41, 5.74) is 3.60. The molecular formula is C34H39N5O4S. The molecular weight excluding hydrogens is 574 g/mol. The molecule has 1 aliphatic heterocycles. The third kappa shape index (κ3) is 6.92. The van der Waals surface area contributed by atoms with Crippen LogP contribution in [0.3, 0.4) is 0 Å². The molecule has 0 aliphatic carbocycles. The lowest BCUT2D eigenvalue weighted by Crippen LogP contribution is -2.53. The lowest BCUT2D eigenvalue weighted by atomic mass is 9.91. The summed E-state index contributed by atoms with van der Waals surface area (Å²) in [6, 6.07) is 15.7. The summed E-state index contributed by atoms with van der Waals surface area (Å²) in [6.07, 6.45) is 3.02. The summed E-state index contributed by atoms with van der Waals surface area (Å²) >= 11 is 1.44. The number of para-hydroxylation sites is 1. The first kappa shape index (κ1) is 31.2. The standard InChI is InChI=1S/C34H39N5O4S/c1-21(27-19-35-28-9-6-5-8-26(27)28)31(33(42)36-29-18-23(20-38(3)4)11-12-25(29)22(2)40)37-34(43)39-15-13-24(14-16-39)32(41)30-10-7-17-44-30/h5-12,17-19,21,24,31,35H,13-16,20H2,1-4H3,(H,36,42)(H,37,43)/t21-,31+/m0/s1. The minimum Gasteiger partial charge on any atom is -0.361 e. The maximum Gasteiger partial charge on any atom is 0.318 e. The Morgan fingerprint density at radius 2 is 1.80 bits per heavy atom. The van der Waals surface area contributed by atoms with Gasteiger partial charge in [-0.15, -0.1) is 11.3 Å². The average molecular weight is 614 g/mol. The molecule has 44 heavy (non-hydrogen) atoms. The molecule has 1 aliphatic rings. The average Bonchev–Trinajstić information content (AvgIpc) is 3.70. The molecule has 1 saturated heterocycles. The normalized spacial score (nSPS) is 15.2. The van der Waals surface area contributed by atoms with Crippen LogP contribution in [0.1, 0.15) is 63.8 Å². The fraction of sp³-hybridized carbons (Fsp3) is 0.353. The molecule has 230 valence electrons. The molecule has 0 radical (unpaired) electrons. The van der Waals surface area contributed by atoms with E-state index in [-0.39, 0.29) is 23.5 Å². The zero-order valence-corrected chi connectivity index (χ0v) is 26.4. The molecule has 2 atom stereocenters. The fourth-order valence-electron chi connectivity index (χ4n) is 5.93. The summed E-state index contributed by atoms with van der Waals surface area (Å²) in [4.78, 5) is 60.8. The number of fused-ring (bicyclic) bond motifs is 1. The molecule has 2 aromatic carbocycles. The first-order valence-electron chi connectivity index (χ1n) is 14.9. The maximum atomic E-state index is 14.1. The van der Waals surface area contributed by atoms with Gasteiger partial charge in [-0.2, -0.15) is 0 Å². The van der Waals surface area contributed by atoms with E-state index >= 15 is 0 Å². The lowest BCUT2D eigenvalue weighted by molar-refractivity contribution is -0.118. The van der Waals surface area contributed by atoms with Crippen molar-refractivity contribution in [2.45, 2.75) is 45.2 Å². The van der Waals surface area contributed by atoms with Crippen molar-refractivity contribution in [3.63, 3.8) is 0 Å². The van der Waals surface area contributed by atoms with Crippen LogP contribution in [0.15, 0.2) is 66.2 Å². The Balaban J connectivity index is 1.38. The minimum absolute atomic E-state index is 0.124. The smallest absolute Gasteiger partial charge is 0.318 e. The van der Waals surface area contributed by atoms with E-state index in [0.717, 1.165) is 26.9 Å². The number of ketones is 2. The van der Waals surface area contributed by atoms with Crippen molar-refractivity contribution in [2.24, 2.45) is 5.92 Å². The number of aromatic amines is 1. The number of urea groups is 1. The van der Waals surface area contributed by atoms with Crippen LogP contribution in [-0.4, -0.2) is 71.5 Å². The molecule has 0 bridgehead atoms. The van der Waals surface area contributed by atoms with Gasteiger partial charge in [0.25, 0.3) is 0 Å². The molecule has 3 heterocycles. The fourth-order valence-corrected chi connectivity index (χ4v) is 6.68. The molecule has 5 rings (SSSR count). The number of H-pyrrole nitrogens is 1. The third-order valence-electron chi connectivity index (χ3n) is 8.31. The minimum atomic E-state index is -0.940. The largest absolute Gasteiger partial charge is 0.361 e. The van der Waals surface area contributed by atoms with Crippen LogP contribution in [0, 0.1) is 5.92 Å². The van der Waals surface area contributed by atoms with E-state index in [0.29, 0.717) is 43.7 Å². The van der Waals surface area contributed by atoms with Gasteiger partial charge in [-0.05, 0) is 74.6 Å². The van der Waals surface area contributed by atoms with E-state index in [1.165, 1.54) is 18.3 Å². The first-order chi connectivity index (χ1) is 21.1.